The average molecular weight is 200 g/mol. The Balaban J connectivity index is 3.44. The molecule has 0 saturated heterocycles. The number of nitrogens with zero attached hydrogens (tertiary/aromatic N) is 1. The van der Waals surface area contributed by atoms with E-state index in [1.807, 2.05) is 0 Å². The van der Waals surface area contributed by atoms with Crippen molar-refractivity contribution in [2.75, 3.05) is 20.1 Å². The van der Waals surface area contributed by atoms with Gasteiger partial charge in [-0.05, 0) is 32.4 Å². The van der Waals surface area contributed by atoms with Crippen molar-refractivity contribution in [2.24, 2.45) is 11.7 Å². The van der Waals surface area contributed by atoms with Gasteiger partial charge >= 0.3 is 0 Å². The molecule has 0 aliphatic carbocycles. The molecule has 0 saturated carbocycles. The summed E-state index contributed by atoms with van der Waals surface area (Å²) >= 11 is 0. The van der Waals surface area contributed by atoms with E-state index in [-0.39, 0.29) is 0 Å². The van der Waals surface area contributed by atoms with E-state index in [1.165, 1.54) is 25.8 Å². The molecule has 2 nitrogen and oxygen atoms in total. The van der Waals surface area contributed by atoms with Crippen LogP contribution in [-0.4, -0.2) is 31.1 Å². The van der Waals surface area contributed by atoms with Crippen LogP contribution in [0, 0.1) is 5.92 Å². The van der Waals surface area contributed by atoms with Crippen LogP contribution in [0.4, 0.5) is 0 Å². The maximum Gasteiger partial charge on any atom is 0.0170 e. The predicted octanol–water partition coefficient (Wildman–Crippen LogP) is 2.48. The summed E-state index contributed by atoms with van der Waals surface area (Å²) in [7, 11) is 2.18. The zero-order valence-corrected chi connectivity index (χ0v) is 10.4. The Kier molecular flexibility index (Phi) is 8.20. The molecule has 2 heteroatoms. The first kappa shape index (κ1) is 13.9. The summed E-state index contributed by atoms with van der Waals surface area (Å²) in [6.45, 7) is 8.94. The van der Waals surface area contributed by atoms with Crippen LogP contribution < -0.4 is 5.73 Å². The van der Waals surface area contributed by atoms with Crippen molar-refractivity contribution >= 4 is 0 Å². The number of rotatable bonds is 8. The minimum absolute atomic E-state index is 0.349. The highest BCUT2D eigenvalue weighted by Crippen LogP contribution is 2.04. The van der Waals surface area contributed by atoms with Crippen LogP contribution in [-0.2, 0) is 0 Å². The molecule has 0 aliphatic heterocycles. The van der Waals surface area contributed by atoms with Crippen LogP contribution in [0.1, 0.15) is 46.5 Å². The summed E-state index contributed by atoms with van der Waals surface area (Å²) in [6, 6.07) is 0.349. The number of unbranched alkanes of at least 4 members (excludes halogenated alkanes) is 2. The van der Waals surface area contributed by atoms with Crippen LogP contribution >= 0.6 is 0 Å². The van der Waals surface area contributed by atoms with E-state index in [1.54, 1.807) is 0 Å². The molecule has 14 heavy (non-hydrogen) atoms. The molecule has 0 fully saturated rings. The first-order valence-electron chi connectivity index (χ1n) is 6.00. The summed E-state index contributed by atoms with van der Waals surface area (Å²) < 4.78 is 0. The Morgan fingerprint density at radius 1 is 1.21 bits per heavy atom. The van der Waals surface area contributed by atoms with E-state index in [0.29, 0.717) is 12.0 Å². The third-order valence-electron chi connectivity index (χ3n) is 2.46. The molecule has 0 aromatic carbocycles. The van der Waals surface area contributed by atoms with E-state index in [4.69, 9.17) is 5.73 Å². The zero-order valence-electron chi connectivity index (χ0n) is 10.4. The number of hydrogen-bond acceptors (Lipinski definition) is 2. The minimum atomic E-state index is 0.349. The summed E-state index contributed by atoms with van der Waals surface area (Å²) in [4.78, 5) is 2.36. The van der Waals surface area contributed by atoms with Crippen LogP contribution in [0.15, 0.2) is 0 Å². The molecule has 1 atom stereocenters. The Bertz CT molecular complexity index is 123. The van der Waals surface area contributed by atoms with Gasteiger partial charge in [0.25, 0.3) is 0 Å². The van der Waals surface area contributed by atoms with Crippen molar-refractivity contribution in [1.29, 1.82) is 0 Å². The molecule has 0 aliphatic rings. The largest absolute Gasteiger partial charge is 0.327 e. The van der Waals surface area contributed by atoms with Gasteiger partial charge in [-0.1, -0.05) is 33.6 Å². The molecule has 0 spiro atoms. The second-order valence-electron chi connectivity index (χ2n) is 4.86. The van der Waals surface area contributed by atoms with Gasteiger partial charge in [0.2, 0.25) is 0 Å². The van der Waals surface area contributed by atoms with Gasteiger partial charge < -0.3 is 10.6 Å². The minimum Gasteiger partial charge on any atom is -0.327 e. The fourth-order valence-corrected chi connectivity index (χ4v) is 1.80. The van der Waals surface area contributed by atoms with Gasteiger partial charge in [-0.25, -0.2) is 0 Å². The molecule has 0 heterocycles. The molecule has 86 valence electrons. The van der Waals surface area contributed by atoms with E-state index in [2.05, 4.69) is 32.7 Å². The lowest BCUT2D eigenvalue weighted by molar-refractivity contribution is 0.288. The van der Waals surface area contributed by atoms with Gasteiger partial charge in [0.05, 0.1) is 0 Å². The van der Waals surface area contributed by atoms with Crippen LogP contribution in [0.25, 0.3) is 0 Å². The van der Waals surface area contributed by atoms with Crippen molar-refractivity contribution < 1.29 is 0 Å². The molecule has 2 N–H and O–H groups in total. The smallest absolute Gasteiger partial charge is 0.0170 e. The third kappa shape index (κ3) is 8.52. The second-order valence-corrected chi connectivity index (χ2v) is 4.86. The molecule has 0 amide bonds. The van der Waals surface area contributed by atoms with Crippen molar-refractivity contribution in [3.8, 4) is 0 Å². The van der Waals surface area contributed by atoms with E-state index in [9.17, 15) is 0 Å². The third-order valence-corrected chi connectivity index (χ3v) is 2.46. The number of nitrogens with two attached hydrogens (primary N) is 1. The maximum atomic E-state index is 6.04. The molecular weight excluding hydrogens is 172 g/mol. The van der Waals surface area contributed by atoms with Crippen LogP contribution in [0.5, 0.6) is 0 Å². The maximum absolute atomic E-state index is 6.04. The van der Waals surface area contributed by atoms with Gasteiger partial charge in [-0.3, -0.25) is 0 Å². The van der Waals surface area contributed by atoms with Gasteiger partial charge in [0.15, 0.2) is 0 Å². The topological polar surface area (TPSA) is 29.3 Å². The Morgan fingerprint density at radius 2 is 1.86 bits per heavy atom. The highest BCUT2D eigenvalue weighted by Gasteiger charge is 2.08. The van der Waals surface area contributed by atoms with Gasteiger partial charge in [0.1, 0.15) is 0 Å². The van der Waals surface area contributed by atoms with Crippen LogP contribution in [0.2, 0.25) is 0 Å². The zero-order chi connectivity index (χ0) is 11.0. The molecule has 0 radical (unpaired) electrons. The fourth-order valence-electron chi connectivity index (χ4n) is 1.80. The van der Waals surface area contributed by atoms with Crippen molar-refractivity contribution in [1.82, 2.24) is 4.90 Å². The summed E-state index contributed by atoms with van der Waals surface area (Å²) in [5.41, 5.74) is 6.04. The SMILES string of the molecule is CCCCCN(C)CC(N)CC(C)C. The molecule has 1 unspecified atom stereocenters. The molecule has 0 aromatic heterocycles. The summed E-state index contributed by atoms with van der Waals surface area (Å²) in [6.07, 6.45) is 5.08. The average Bonchev–Trinajstić information content (AvgIpc) is 2.02. The number of likely N-dealkylation sites (N-methyl/N-ethyl adjacent to an activating group) is 1. The van der Waals surface area contributed by atoms with Gasteiger partial charge in [-0.2, -0.15) is 0 Å². The lowest BCUT2D eigenvalue weighted by Gasteiger charge is -2.22. The number of hydrogen-bond donors (Lipinski definition) is 1. The van der Waals surface area contributed by atoms with Crippen molar-refractivity contribution in [3.05, 3.63) is 0 Å². The Hall–Kier alpha value is -0.0800. The molecule has 0 bridgehead atoms. The molecular formula is C12H28N2. The lowest BCUT2D eigenvalue weighted by Crippen LogP contribution is -2.36. The predicted molar refractivity (Wildman–Crippen MR) is 64.5 cm³/mol. The Morgan fingerprint density at radius 3 is 2.36 bits per heavy atom. The highest BCUT2D eigenvalue weighted by molar-refractivity contribution is 4.67. The molecule has 0 aromatic rings. The monoisotopic (exact) mass is 200 g/mol. The quantitative estimate of drug-likeness (QED) is 0.610. The highest BCUT2D eigenvalue weighted by atomic mass is 15.1. The first-order chi connectivity index (χ1) is 6.56. The lowest BCUT2D eigenvalue weighted by atomic mass is 10.0. The standard InChI is InChI=1S/C12H28N2/c1-5-6-7-8-14(4)10-12(13)9-11(2)3/h11-12H,5-10,13H2,1-4H3. The normalized spacial score (nSPS) is 13.9. The Labute approximate surface area is 89.9 Å². The molecule has 0 rings (SSSR count). The van der Waals surface area contributed by atoms with E-state index < -0.39 is 0 Å². The summed E-state index contributed by atoms with van der Waals surface area (Å²) in [5.74, 6) is 0.717. The first-order valence-corrected chi connectivity index (χ1v) is 6.00. The van der Waals surface area contributed by atoms with E-state index >= 15 is 0 Å². The van der Waals surface area contributed by atoms with Gasteiger partial charge in [-0.15, -0.1) is 0 Å². The summed E-state index contributed by atoms with van der Waals surface area (Å²) in [5, 5.41) is 0. The van der Waals surface area contributed by atoms with Gasteiger partial charge in [0, 0.05) is 12.6 Å². The van der Waals surface area contributed by atoms with Crippen LogP contribution in [0.3, 0.4) is 0 Å². The fraction of sp³-hybridized carbons (Fsp3) is 1.00. The second kappa shape index (κ2) is 8.25. The van der Waals surface area contributed by atoms with Crippen molar-refractivity contribution in [2.45, 2.75) is 52.5 Å². The van der Waals surface area contributed by atoms with Crippen molar-refractivity contribution in [3.63, 3.8) is 0 Å². The van der Waals surface area contributed by atoms with E-state index in [0.717, 1.165) is 13.0 Å².